The smallest absolute Gasteiger partial charge is 0.338 e. The Labute approximate surface area is 111 Å². The quantitative estimate of drug-likeness (QED) is 0.517. The van der Waals surface area contributed by atoms with E-state index in [0.717, 1.165) is 11.1 Å². The lowest BCUT2D eigenvalue weighted by Gasteiger charge is -2.07. The summed E-state index contributed by atoms with van der Waals surface area (Å²) in [6, 6.07) is 14.0. The molecule has 2 rings (SSSR count). The van der Waals surface area contributed by atoms with Gasteiger partial charge in [-0.25, -0.2) is 4.79 Å². The zero-order valence-corrected chi connectivity index (χ0v) is 10.6. The van der Waals surface area contributed by atoms with Gasteiger partial charge < -0.3 is 9.84 Å². The molecule has 0 heterocycles. The molecule has 2 aromatic rings. The van der Waals surface area contributed by atoms with Crippen molar-refractivity contribution in [3.63, 3.8) is 0 Å². The highest BCUT2D eigenvalue weighted by Crippen LogP contribution is 2.26. The van der Waals surface area contributed by atoms with Crippen LogP contribution in [0.2, 0.25) is 0 Å². The zero-order chi connectivity index (χ0) is 13.8. The molecule has 3 nitrogen and oxygen atoms in total. The summed E-state index contributed by atoms with van der Waals surface area (Å²) in [4.78, 5) is 11.5. The molecular formula is C16H14O3. The maximum Gasteiger partial charge on any atom is 0.338 e. The third kappa shape index (κ3) is 3.22. The van der Waals surface area contributed by atoms with Crippen molar-refractivity contribution in [2.24, 2.45) is 0 Å². The van der Waals surface area contributed by atoms with Crippen LogP contribution in [0.25, 0.3) is 11.1 Å². The fraction of sp³-hybridized carbons (Fsp3) is 0.0625. The van der Waals surface area contributed by atoms with Crippen molar-refractivity contribution in [2.45, 2.75) is 6.92 Å². The molecule has 0 saturated heterocycles. The molecule has 0 aliphatic heterocycles. The van der Waals surface area contributed by atoms with Crippen LogP contribution >= 0.6 is 0 Å². The average Bonchev–Trinajstić information content (AvgIpc) is 2.39. The highest BCUT2D eigenvalue weighted by Gasteiger charge is 2.06. The highest BCUT2D eigenvalue weighted by molar-refractivity contribution is 5.89. The van der Waals surface area contributed by atoms with E-state index in [1.807, 2.05) is 12.1 Å². The minimum atomic E-state index is -0.451. The van der Waals surface area contributed by atoms with Crippen molar-refractivity contribution < 1.29 is 14.6 Å². The largest absolute Gasteiger partial charge is 0.508 e. The number of esters is 1. The Bertz CT molecular complexity index is 629. The lowest BCUT2D eigenvalue weighted by Crippen LogP contribution is -2.07. The Morgan fingerprint density at radius 3 is 2.37 bits per heavy atom. The van der Waals surface area contributed by atoms with Crippen LogP contribution in [0.1, 0.15) is 6.92 Å². The van der Waals surface area contributed by atoms with E-state index >= 15 is 0 Å². The van der Waals surface area contributed by atoms with Crippen molar-refractivity contribution in [1.82, 2.24) is 0 Å². The van der Waals surface area contributed by atoms with Gasteiger partial charge in [0.25, 0.3) is 0 Å². The first-order valence-electron chi connectivity index (χ1n) is 5.83. The molecule has 0 spiro atoms. The maximum absolute atomic E-state index is 11.5. The van der Waals surface area contributed by atoms with Crippen LogP contribution in [0, 0.1) is 0 Å². The first-order chi connectivity index (χ1) is 9.06. The van der Waals surface area contributed by atoms with E-state index in [9.17, 15) is 9.90 Å². The van der Waals surface area contributed by atoms with Crippen LogP contribution in [-0.4, -0.2) is 11.1 Å². The molecule has 0 unspecified atom stereocenters. The molecule has 19 heavy (non-hydrogen) atoms. The summed E-state index contributed by atoms with van der Waals surface area (Å²) >= 11 is 0. The van der Waals surface area contributed by atoms with Crippen LogP contribution in [0.15, 0.2) is 60.7 Å². The predicted octanol–water partition coefficient (Wildman–Crippen LogP) is 3.54. The minimum absolute atomic E-state index is 0.196. The van der Waals surface area contributed by atoms with Crippen LogP contribution in [0.5, 0.6) is 11.5 Å². The Balaban J connectivity index is 2.29. The topological polar surface area (TPSA) is 46.5 Å². The van der Waals surface area contributed by atoms with Gasteiger partial charge in [-0.2, -0.15) is 0 Å². The molecular weight excluding hydrogens is 240 g/mol. The van der Waals surface area contributed by atoms with Gasteiger partial charge in [-0.1, -0.05) is 30.8 Å². The third-order valence-corrected chi connectivity index (χ3v) is 2.57. The van der Waals surface area contributed by atoms with Gasteiger partial charge in [-0.05, 0) is 42.3 Å². The lowest BCUT2D eigenvalue weighted by atomic mass is 10.1. The van der Waals surface area contributed by atoms with E-state index in [0.29, 0.717) is 11.3 Å². The maximum atomic E-state index is 11.5. The Morgan fingerprint density at radius 1 is 1.11 bits per heavy atom. The summed E-state index contributed by atoms with van der Waals surface area (Å²) in [7, 11) is 0. The Kier molecular flexibility index (Phi) is 3.66. The monoisotopic (exact) mass is 254 g/mol. The second-order valence-electron chi connectivity index (χ2n) is 4.25. The van der Waals surface area contributed by atoms with Crippen LogP contribution in [0.3, 0.4) is 0 Å². The van der Waals surface area contributed by atoms with Crippen molar-refractivity contribution in [1.29, 1.82) is 0 Å². The van der Waals surface area contributed by atoms with Crippen molar-refractivity contribution in [3.8, 4) is 22.6 Å². The van der Waals surface area contributed by atoms with Crippen molar-refractivity contribution in [2.75, 3.05) is 0 Å². The second-order valence-corrected chi connectivity index (χ2v) is 4.25. The highest BCUT2D eigenvalue weighted by atomic mass is 16.5. The standard InChI is InChI=1S/C16H14O3/c1-11(2)16(18)19-15-8-4-6-13(10-15)12-5-3-7-14(17)9-12/h3-10,17H,1H2,2H3. The fourth-order valence-electron chi connectivity index (χ4n) is 1.62. The molecule has 0 amide bonds. The van der Waals surface area contributed by atoms with Gasteiger partial charge in [0, 0.05) is 5.57 Å². The molecule has 2 aromatic carbocycles. The lowest BCUT2D eigenvalue weighted by molar-refractivity contribution is -0.130. The molecule has 1 N–H and O–H groups in total. The normalized spacial score (nSPS) is 9.95. The molecule has 0 aliphatic carbocycles. The number of carbonyl (C=O) groups excluding carboxylic acids is 1. The predicted molar refractivity (Wildman–Crippen MR) is 74.0 cm³/mol. The Hall–Kier alpha value is -2.55. The molecule has 0 saturated carbocycles. The van der Waals surface area contributed by atoms with Gasteiger partial charge in [-0.15, -0.1) is 0 Å². The number of carbonyl (C=O) groups is 1. The van der Waals surface area contributed by atoms with Gasteiger partial charge in [0.15, 0.2) is 0 Å². The van der Waals surface area contributed by atoms with Crippen molar-refractivity contribution >= 4 is 5.97 Å². The number of phenols is 1. The summed E-state index contributed by atoms with van der Waals surface area (Å²) < 4.78 is 5.17. The molecule has 0 bridgehead atoms. The SMILES string of the molecule is C=C(C)C(=O)Oc1cccc(-c2cccc(O)c2)c1. The van der Waals surface area contributed by atoms with E-state index in [1.165, 1.54) is 0 Å². The molecule has 0 aliphatic rings. The third-order valence-electron chi connectivity index (χ3n) is 2.57. The summed E-state index contributed by atoms with van der Waals surface area (Å²) in [6.07, 6.45) is 0. The van der Waals surface area contributed by atoms with E-state index in [4.69, 9.17) is 4.74 Å². The van der Waals surface area contributed by atoms with E-state index in [1.54, 1.807) is 43.3 Å². The number of hydrogen-bond donors (Lipinski definition) is 1. The summed E-state index contributed by atoms with van der Waals surface area (Å²) in [5, 5.41) is 9.46. The molecule has 96 valence electrons. The summed E-state index contributed by atoms with van der Waals surface area (Å²) in [5.41, 5.74) is 2.07. The first kappa shape index (κ1) is 12.9. The van der Waals surface area contributed by atoms with Crippen LogP contribution in [0.4, 0.5) is 0 Å². The van der Waals surface area contributed by atoms with E-state index in [2.05, 4.69) is 6.58 Å². The number of ether oxygens (including phenoxy) is 1. The van der Waals surface area contributed by atoms with Crippen LogP contribution < -0.4 is 4.74 Å². The number of rotatable bonds is 3. The summed E-state index contributed by atoms with van der Waals surface area (Å²) in [5.74, 6) is 0.198. The number of phenolic OH excluding ortho intramolecular Hbond substituents is 1. The van der Waals surface area contributed by atoms with E-state index in [-0.39, 0.29) is 5.75 Å². The Morgan fingerprint density at radius 2 is 1.74 bits per heavy atom. The molecule has 3 heteroatoms. The van der Waals surface area contributed by atoms with E-state index < -0.39 is 5.97 Å². The molecule has 0 aromatic heterocycles. The average molecular weight is 254 g/mol. The molecule has 0 fully saturated rings. The van der Waals surface area contributed by atoms with Crippen molar-refractivity contribution in [3.05, 3.63) is 60.7 Å². The zero-order valence-electron chi connectivity index (χ0n) is 10.6. The van der Waals surface area contributed by atoms with Gasteiger partial charge in [-0.3, -0.25) is 0 Å². The summed E-state index contributed by atoms with van der Waals surface area (Å²) in [6.45, 7) is 5.13. The van der Waals surface area contributed by atoms with Gasteiger partial charge in [0.1, 0.15) is 11.5 Å². The first-order valence-corrected chi connectivity index (χ1v) is 5.83. The van der Waals surface area contributed by atoms with Gasteiger partial charge >= 0.3 is 5.97 Å². The second kappa shape index (κ2) is 5.40. The van der Waals surface area contributed by atoms with Gasteiger partial charge in [0.05, 0.1) is 0 Å². The molecule has 0 atom stereocenters. The van der Waals surface area contributed by atoms with Crippen LogP contribution in [-0.2, 0) is 4.79 Å². The molecule has 0 radical (unpaired) electrons. The fourth-order valence-corrected chi connectivity index (χ4v) is 1.62. The number of benzene rings is 2. The number of hydrogen-bond acceptors (Lipinski definition) is 3. The van der Waals surface area contributed by atoms with Gasteiger partial charge in [0.2, 0.25) is 0 Å². The number of aromatic hydroxyl groups is 1. The minimum Gasteiger partial charge on any atom is -0.508 e.